The third-order valence-electron chi connectivity index (χ3n) is 4.74. The molecule has 7 nitrogen and oxygen atoms in total. The van der Waals surface area contributed by atoms with Crippen LogP contribution in [0.15, 0.2) is 23.2 Å². The topological polar surface area (TPSA) is 81.3 Å². The summed E-state index contributed by atoms with van der Waals surface area (Å²) in [6.45, 7) is 7.21. The number of likely N-dealkylation sites (N-methyl/N-ethyl adjacent to an activating group) is 1. The minimum atomic E-state index is -0.0134. The molecule has 8 heteroatoms. The van der Waals surface area contributed by atoms with E-state index in [0.29, 0.717) is 25.7 Å². The molecule has 0 aliphatic carbocycles. The first-order valence-electron chi connectivity index (χ1n) is 9.22. The van der Waals surface area contributed by atoms with Crippen LogP contribution in [0.5, 0.6) is 11.5 Å². The van der Waals surface area contributed by atoms with Crippen molar-refractivity contribution in [3.63, 3.8) is 0 Å². The lowest BCUT2D eigenvalue weighted by atomic mass is 9.89. The quantitative estimate of drug-likeness (QED) is 0.330. The van der Waals surface area contributed by atoms with Crippen LogP contribution in [0, 0.1) is 0 Å². The molecule has 0 bridgehead atoms. The van der Waals surface area contributed by atoms with E-state index in [1.165, 1.54) is 0 Å². The Morgan fingerprint density at radius 3 is 2.48 bits per heavy atom. The highest BCUT2D eigenvalue weighted by atomic mass is 127. The Hall–Kier alpha value is -1.26. The predicted octanol–water partition coefficient (Wildman–Crippen LogP) is 2.94. The molecule has 1 heterocycles. The molecule has 1 saturated heterocycles. The van der Waals surface area contributed by atoms with Gasteiger partial charge in [0.15, 0.2) is 5.96 Å². The predicted molar refractivity (Wildman–Crippen MR) is 121 cm³/mol. The van der Waals surface area contributed by atoms with E-state index in [4.69, 9.17) is 19.9 Å². The van der Waals surface area contributed by atoms with E-state index < -0.39 is 0 Å². The fourth-order valence-corrected chi connectivity index (χ4v) is 3.05. The molecule has 0 spiro atoms. The highest BCUT2D eigenvalue weighted by molar-refractivity contribution is 14.0. The van der Waals surface area contributed by atoms with Crippen molar-refractivity contribution in [2.24, 2.45) is 10.7 Å². The zero-order valence-electron chi connectivity index (χ0n) is 16.8. The number of aliphatic imine (C=N–C) groups is 1. The van der Waals surface area contributed by atoms with Crippen molar-refractivity contribution in [1.29, 1.82) is 0 Å². The highest BCUT2D eigenvalue weighted by Crippen LogP contribution is 2.30. The summed E-state index contributed by atoms with van der Waals surface area (Å²) < 4.78 is 16.7. The molecular weight excluding hydrogens is 459 g/mol. The van der Waals surface area contributed by atoms with Crippen molar-refractivity contribution in [3.8, 4) is 11.5 Å². The second kappa shape index (κ2) is 11.6. The van der Waals surface area contributed by atoms with Gasteiger partial charge in [-0.1, -0.05) is 0 Å². The molecule has 154 valence electrons. The maximum atomic E-state index is 6.16. The summed E-state index contributed by atoms with van der Waals surface area (Å²) in [7, 11) is 4.17. The number of halogens is 1. The minimum Gasteiger partial charge on any atom is -0.494 e. The summed E-state index contributed by atoms with van der Waals surface area (Å²) in [5, 5.41) is 3.16. The van der Waals surface area contributed by atoms with Gasteiger partial charge in [-0.3, -0.25) is 4.99 Å². The first-order valence-corrected chi connectivity index (χ1v) is 9.22. The first kappa shape index (κ1) is 23.8. The number of hydrogen-bond acceptors (Lipinski definition) is 5. The average molecular weight is 492 g/mol. The van der Waals surface area contributed by atoms with Crippen molar-refractivity contribution in [2.75, 3.05) is 52.4 Å². The Morgan fingerprint density at radius 2 is 1.89 bits per heavy atom. The van der Waals surface area contributed by atoms with E-state index in [-0.39, 0.29) is 29.5 Å². The van der Waals surface area contributed by atoms with E-state index in [0.717, 1.165) is 43.2 Å². The van der Waals surface area contributed by atoms with Gasteiger partial charge < -0.3 is 30.2 Å². The maximum absolute atomic E-state index is 6.16. The third-order valence-corrected chi connectivity index (χ3v) is 4.74. The molecule has 0 amide bonds. The zero-order chi connectivity index (χ0) is 19.0. The van der Waals surface area contributed by atoms with Crippen molar-refractivity contribution in [1.82, 2.24) is 4.90 Å². The fourth-order valence-electron chi connectivity index (χ4n) is 3.05. The molecule has 0 aromatic heterocycles. The summed E-state index contributed by atoms with van der Waals surface area (Å²) in [5.41, 5.74) is 6.90. The minimum absolute atomic E-state index is 0. The highest BCUT2D eigenvalue weighted by Gasteiger charge is 2.34. The first-order chi connectivity index (χ1) is 12.5. The molecule has 0 unspecified atom stereocenters. The Balaban J connectivity index is 0.00000364. The molecule has 2 rings (SSSR count). The standard InChI is InChI=1S/C19H32N4O3.HI/c1-5-25-15-7-8-17(26-6-2)16(13-15)22-18(20)21-14-19(23(3)4)9-11-24-12-10-19;/h7-8,13H,5-6,9-12,14H2,1-4H3,(H3,20,21,22);1H. The van der Waals surface area contributed by atoms with Crippen molar-refractivity contribution in [3.05, 3.63) is 18.2 Å². The number of benzene rings is 1. The van der Waals surface area contributed by atoms with Crippen LogP contribution in [-0.4, -0.2) is 63.5 Å². The van der Waals surface area contributed by atoms with E-state index in [1.54, 1.807) is 0 Å². The number of ether oxygens (including phenoxy) is 3. The molecule has 3 N–H and O–H groups in total. The van der Waals surface area contributed by atoms with Crippen LogP contribution >= 0.6 is 24.0 Å². The van der Waals surface area contributed by atoms with Gasteiger partial charge in [-0.15, -0.1) is 24.0 Å². The van der Waals surface area contributed by atoms with Crippen molar-refractivity contribution in [2.45, 2.75) is 32.2 Å². The molecule has 1 aliphatic rings. The van der Waals surface area contributed by atoms with Gasteiger partial charge in [-0.25, -0.2) is 0 Å². The lowest BCUT2D eigenvalue weighted by Crippen LogP contribution is -2.51. The number of guanidine groups is 1. The van der Waals surface area contributed by atoms with Gasteiger partial charge in [0.25, 0.3) is 0 Å². The number of rotatable bonds is 8. The van der Waals surface area contributed by atoms with Gasteiger partial charge >= 0.3 is 0 Å². The van der Waals surface area contributed by atoms with Gasteiger partial charge in [0.05, 0.1) is 25.4 Å². The number of nitrogens with zero attached hydrogens (tertiary/aromatic N) is 2. The SMILES string of the molecule is CCOc1ccc(OCC)c(NC(N)=NCC2(N(C)C)CCOCC2)c1.I. The Morgan fingerprint density at radius 1 is 1.22 bits per heavy atom. The number of anilines is 1. The van der Waals surface area contributed by atoms with Gasteiger partial charge in [0.1, 0.15) is 11.5 Å². The second-order valence-corrected chi connectivity index (χ2v) is 6.58. The molecule has 27 heavy (non-hydrogen) atoms. The second-order valence-electron chi connectivity index (χ2n) is 6.58. The molecule has 1 fully saturated rings. The summed E-state index contributed by atoms with van der Waals surface area (Å²) >= 11 is 0. The van der Waals surface area contributed by atoms with Crippen LogP contribution in [0.2, 0.25) is 0 Å². The van der Waals surface area contributed by atoms with Gasteiger partial charge in [-0.05, 0) is 52.9 Å². The van der Waals surface area contributed by atoms with E-state index in [9.17, 15) is 0 Å². The van der Waals surface area contributed by atoms with Crippen LogP contribution in [-0.2, 0) is 4.74 Å². The van der Waals surface area contributed by atoms with Crippen LogP contribution in [0.3, 0.4) is 0 Å². The number of hydrogen-bond donors (Lipinski definition) is 2. The number of nitrogens with one attached hydrogen (secondary N) is 1. The van der Waals surface area contributed by atoms with Gasteiger partial charge in [0.2, 0.25) is 0 Å². The lowest BCUT2D eigenvalue weighted by Gasteiger charge is -2.41. The molecule has 0 radical (unpaired) electrons. The zero-order valence-corrected chi connectivity index (χ0v) is 19.1. The van der Waals surface area contributed by atoms with Crippen LogP contribution in [0.25, 0.3) is 0 Å². The van der Waals surface area contributed by atoms with E-state index >= 15 is 0 Å². The number of nitrogens with two attached hydrogens (primary N) is 1. The van der Waals surface area contributed by atoms with Crippen molar-refractivity contribution < 1.29 is 14.2 Å². The summed E-state index contributed by atoms with van der Waals surface area (Å²) in [4.78, 5) is 6.83. The molecule has 1 aromatic carbocycles. The lowest BCUT2D eigenvalue weighted by molar-refractivity contribution is -0.00249. The Kier molecular flexibility index (Phi) is 10.2. The monoisotopic (exact) mass is 492 g/mol. The fraction of sp³-hybridized carbons (Fsp3) is 0.632. The maximum Gasteiger partial charge on any atom is 0.193 e. The summed E-state index contributed by atoms with van der Waals surface area (Å²) in [6.07, 6.45) is 1.89. The van der Waals surface area contributed by atoms with Crippen LogP contribution in [0.4, 0.5) is 5.69 Å². The van der Waals surface area contributed by atoms with Crippen LogP contribution in [0.1, 0.15) is 26.7 Å². The Labute approximate surface area is 179 Å². The van der Waals surface area contributed by atoms with Gasteiger partial charge in [0, 0.05) is 24.8 Å². The molecular formula is C19H33IN4O3. The average Bonchev–Trinajstić information content (AvgIpc) is 2.63. The normalized spacial score (nSPS) is 16.6. The van der Waals surface area contributed by atoms with E-state index in [2.05, 4.69) is 29.3 Å². The molecule has 0 atom stereocenters. The molecule has 1 aliphatic heterocycles. The largest absolute Gasteiger partial charge is 0.494 e. The smallest absolute Gasteiger partial charge is 0.193 e. The summed E-state index contributed by atoms with van der Waals surface area (Å²) in [6, 6.07) is 5.65. The summed E-state index contributed by atoms with van der Waals surface area (Å²) in [5.74, 6) is 1.86. The Bertz CT molecular complexity index is 605. The van der Waals surface area contributed by atoms with E-state index in [1.807, 2.05) is 32.0 Å². The molecule has 1 aromatic rings. The van der Waals surface area contributed by atoms with Crippen molar-refractivity contribution >= 4 is 35.6 Å². The van der Waals surface area contributed by atoms with Crippen LogP contribution < -0.4 is 20.5 Å². The van der Waals surface area contributed by atoms with Gasteiger partial charge in [-0.2, -0.15) is 0 Å². The molecule has 0 saturated carbocycles. The third kappa shape index (κ3) is 6.69.